The molecule has 0 fully saturated rings. The smallest absolute Gasteiger partial charge is 0.293 e. The van der Waals surface area contributed by atoms with Crippen molar-refractivity contribution in [3.05, 3.63) is 82.5 Å². The van der Waals surface area contributed by atoms with Crippen molar-refractivity contribution < 1.29 is 9.21 Å². The van der Waals surface area contributed by atoms with E-state index in [0.29, 0.717) is 22.2 Å². The Bertz CT molecular complexity index is 1230. The first-order valence-corrected chi connectivity index (χ1v) is 11.2. The fourth-order valence-corrected chi connectivity index (χ4v) is 3.78. The van der Waals surface area contributed by atoms with E-state index in [4.69, 9.17) is 21.0 Å². The van der Waals surface area contributed by atoms with Crippen molar-refractivity contribution in [1.29, 1.82) is 0 Å². The number of benzene rings is 2. The lowest BCUT2D eigenvalue weighted by Crippen LogP contribution is -2.20. The Kier molecular flexibility index (Phi) is 6.79. The third kappa shape index (κ3) is 5.62. The number of aliphatic imine (C=N–C) groups is 1. The van der Waals surface area contributed by atoms with Gasteiger partial charge in [-0.25, -0.2) is 9.98 Å². The number of amides is 1. The SMILES string of the molecule is C/C=C(Cl)\C1=N/C(C)Nc2cccc(c2)CCc2cc(NC(=O)c3ocnc3C)cc(c2)N1. The summed E-state index contributed by atoms with van der Waals surface area (Å²) >= 11 is 6.47. The van der Waals surface area contributed by atoms with E-state index in [2.05, 4.69) is 33.1 Å². The van der Waals surface area contributed by atoms with Gasteiger partial charge in [-0.3, -0.25) is 4.79 Å². The van der Waals surface area contributed by atoms with E-state index in [1.165, 1.54) is 12.0 Å². The second kappa shape index (κ2) is 9.92. The summed E-state index contributed by atoms with van der Waals surface area (Å²) in [6.07, 6.45) is 4.49. The molecule has 1 aliphatic heterocycles. The zero-order valence-corrected chi connectivity index (χ0v) is 19.5. The van der Waals surface area contributed by atoms with Crippen LogP contribution in [0.4, 0.5) is 17.1 Å². The number of allylic oxidation sites excluding steroid dienone is 1. The molecular weight excluding hydrogens is 438 g/mol. The molecule has 2 heterocycles. The molecule has 0 spiro atoms. The summed E-state index contributed by atoms with van der Waals surface area (Å²) in [5.41, 5.74) is 5.22. The van der Waals surface area contributed by atoms with Crippen molar-refractivity contribution in [3.8, 4) is 0 Å². The molecule has 1 aliphatic rings. The predicted octanol–water partition coefficient (Wildman–Crippen LogP) is 5.75. The summed E-state index contributed by atoms with van der Waals surface area (Å²) in [6, 6.07) is 14.2. The maximum Gasteiger partial charge on any atom is 0.293 e. The van der Waals surface area contributed by atoms with Crippen molar-refractivity contribution >= 4 is 40.4 Å². The first-order valence-electron chi connectivity index (χ1n) is 10.8. The normalized spacial score (nSPS) is 17.9. The zero-order chi connectivity index (χ0) is 23.4. The van der Waals surface area contributed by atoms with Crippen molar-refractivity contribution in [1.82, 2.24) is 4.98 Å². The lowest BCUT2D eigenvalue weighted by molar-refractivity contribution is 0.0996. The van der Waals surface area contributed by atoms with Crippen molar-refractivity contribution in [2.24, 2.45) is 4.99 Å². The fraction of sp³-hybridized carbons (Fsp3) is 0.240. The van der Waals surface area contributed by atoms with E-state index in [0.717, 1.165) is 29.8 Å². The van der Waals surface area contributed by atoms with Gasteiger partial charge in [-0.2, -0.15) is 0 Å². The average molecular weight is 464 g/mol. The molecule has 2 aromatic carbocycles. The summed E-state index contributed by atoms with van der Waals surface area (Å²) in [4.78, 5) is 21.4. The lowest BCUT2D eigenvalue weighted by Gasteiger charge is -2.16. The molecule has 0 radical (unpaired) electrons. The van der Waals surface area contributed by atoms with E-state index >= 15 is 0 Å². The molecule has 4 rings (SSSR count). The van der Waals surface area contributed by atoms with Crippen LogP contribution in [0, 0.1) is 6.92 Å². The van der Waals surface area contributed by atoms with Gasteiger partial charge in [-0.05, 0) is 75.1 Å². The van der Waals surface area contributed by atoms with E-state index in [1.54, 1.807) is 13.0 Å². The summed E-state index contributed by atoms with van der Waals surface area (Å²) < 4.78 is 5.23. The molecular formula is C25H26ClN5O2. The third-order valence-electron chi connectivity index (χ3n) is 5.27. The number of rotatable bonds is 3. The maximum atomic E-state index is 12.7. The number of amidine groups is 1. The monoisotopic (exact) mass is 463 g/mol. The fourth-order valence-electron chi connectivity index (χ4n) is 3.69. The summed E-state index contributed by atoms with van der Waals surface area (Å²) in [7, 11) is 0. The molecule has 0 saturated heterocycles. The van der Waals surface area contributed by atoms with E-state index in [1.807, 2.05) is 44.2 Å². The van der Waals surface area contributed by atoms with Gasteiger partial charge in [-0.15, -0.1) is 0 Å². The summed E-state index contributed by atoms with van der Waals surface area (Å²) in [5, 5.41) is 10.2. The highest BCUT2D eigenvalue weighted by molar-refractivity contribution is 6.45. The van der Waals surface area contributed by atoms with Gasteiger partial charge in [0.25, 0.3) is 5.91 Å². The highest BCUT2D eigenvalue weighted by Gasteiger charge is 2.16. The van der Waals surface area contributed by atoms with Crippen molar-refractivity contribution in [3.63, 3.8) is 0 Å². The molecule has 3 aromatic rings. The second-order valence-corrected chi connectivity index (χ2v) is 8.31. The third-order valence-corrected chi connectivity index (χ3v) is 5.67. The van der Waals surface area contributed by atoms with Crippen LogP contribution in [-0.2, 0) is 12.8 Å². The number of aryl methyl sites for hydroxylation is 3. The topological polar surface area (TPSA) is 91.5 Å². The van der Waals surface area contributed by atoms with Gasteiger partial charge < -0.3 is 20.4 Å². The minimum atomic E-state index is -0.350. The molecule has 4 bridgehead atoms. The first kappa shape index (κ1) is 22.6. The Morgan fingerprint density at radius 2 is 1.97 bits per heavy atom. The van der Waals surface area contributed by atoms with Crippen LogP contribution in [0.5, 0.6) is 0 Å². The van der Waals surface area contributed by atoms with E-state index < -0.39 is 0 Å². The number of carbonyl (C=O) groups excluding carboxylic acids is 1. The van der Waals surface area contributed by atoms with Gasteiger partial charge in [0.1, 0.15) is 12.0 Å². The Balaban J connectivity index is 1.73. The van der Waals surface area contributed by atoms with Gasteiger partial charge >= 0.3 is 0 Å². The number of fused-ring (bicyclic) bond motifs is 4. The molecule has 1 aromatic heterocycles. The van der Waals surface area contributed by atoms with Crippen LogP contribution in [0.1, 0.15) is 41.2 Å². The summed E-state index contributed by atoms with van der Waals surface area (Å²) in [6.45, 7) is 5.56. The Hall–Kier alpha value is -3.58. The standard InChI is InChI=1S/C25H26ClN5O2/c1-4-22(26)24-29-16(3)28-19-7-5-6-17(10-19)8-9-18-11-20(30-24)13-21(12-18)31-25(32)23-15(2)27-14-33-23/h4-7,10-14,16,28H,8-9H2,1-3H3,(H,29,30)(H,31,32)/b22-4+. The van der Waals surface area contributed by atoms with Gasteiger partial charge in [0.05, 0.1) is 10.7 Å². The number of oxazole rings is 1. The minimum absolute atomic E-state index is 0.191. The number of nitrogens with one attached hydrogen (secondary N) is 3. The van der Waals surface area contributed by atoms with Crippen LogP contribution < -0.4 is 16.0 Å². The average Bonchev–Trinajstić information content (AvgIpc) is 3.22. The maximum absolute atomic E-state index is 12.7. The number of carbonyl (C=O) groups is 1. The van der Waals surface area contributed by atoms with Gasteiger partial charge in [0.2, 0.25) is 5.76 Å². The summed E-state index contributed by atoms with van der Waals surface area (Å²) in [5.74, 6) is 0.378. The van der Waals surface area contributed by atoms with Gasteiger partial charge in [0.15, 0.2) is 6.39 Å². The molecule has 1 unspecified atom stereocenters. The molecule has 33 heavy (non-hydrogen) atoms. The van der Waals surface area contributed by atoms with Crippen molar-refractivity contribution in [2.75, 3.05) is 16.0 Å². The number of hydrogen-bond donors (Lipinski definition) is 3. The number of hydrogen-bond acceptors (Lipinski definition) is 6. The van der Waals surface area contributed by atoms with Gasteiger partial charge in [-0.1, -0.05) is 29.8 Å². The number of aromatic nitrogens is 1. The zero-order valence-electron chi connectivity index (χ0n) is 18.8. The Morgan fingerprint density at radius 1 is 1.18 bits per heavy atom. The lowest BCUT2D eigenvalue weighted by atomic mass is 10.0. The Labute approximate surface area is 198 Å². The number of halogens is 1. The Morgan fingerprint density at radius 3 is 2.73 bits per heavy atom. The van der Waals surface area contributed by atoms with E-state index in [-0.39, 0.29) is 17.8 Å². The number of anilines is 3. The minimum Gasteiger partial charge on any atom is -0.438 e. The van der Waals surface area contributed by atoms with Crippen LogP contribution in [0.25, 0.3) is 0 Å². The second-order valence-electron chi connectivity index (χ2n) is 7.90. The first-order chi connectivity index (χ1) is 15.9. The van der Waals surface area contributed by atoms with Crippen LogP contribution in [0.3, 0.4) is 0 Å². The molecule has 7 nitrogen and oxygen atoms in total. The largest absolute Gasteiger partial charge is 0.438 e. The van der Waals surface area contributed by atoms with Gasteiger partial charge in [0, 0.05) is 17.1 Å². The molecule has 3 N–H and O–H groups in total. The molecule has 0 saturated carbocycles. The van der Waals surface area contributed by atoms with Crippen LogP contribution >= 0.6 is 11.6 Å². The van der Waals surface area contributed by atoms with E-state index in [9.17, 15) is 4.79 Å². The number of nitrogens with zero attached hydrogens (tertiary/aromatic N) is 2. The van der Waals surface area contributed by atoms with Crippen LogP contribution in [-0.4, -0.2) is 22.9 Å². The van der Waals surface area contributed by atoms with Crippen LogP contribution in [0.15, 0.2) is 69.4 Å². The molecule has 1 atom stereocenters. The quantitative estimate of drug-likeness (QED) is 0.460. The highest BCUT2D eigenvalue weighted by atomic mass is 35.5. The molecule has 170 valence electrons. The predicted molar refractivity (Wildman–Crippen MR) is 133 cm³/mol. The molecule has 8 heteroatoms. The highest BCUT2D eigenvalue weighted by Crippen LogP contribution is 2.24. The molecule has 1 amide bonds. The molecule has 0 aliphatic carbocycles. The van der Waals surface area contributed by atoms with Crippen molar-refractivity contribution in [2.45, 2.75) is 39.8 Å². The van der Waals surface area contributed by atoms with Crippen LogP contribution in [0.2, 0.25) is 0 Å².